The second-order valence-electron chi connectivity index (χ2n) is 9.87. The van der Waals surface area contributed by atoms with Crippen molar-refractivity contribution in [3.63, 3.8) is 0 Å². The van der Waals surface area contributed by atoms with Gasteiger partial charge in [-0.3, -0.25) is 9.48 Å². The van der Waals surface area contributed by atoms with Crippen LogP contribution in [0.1, 0.15) is 53.5 Å². The van der Waals surface area contributed by atoms with Crippen LogP contribution < -0.4 is 5.32 Å². The lowest BCUT2D eigenvalue weighted by Gasteiger charge is -2.22. The van der Waals surface area contributed by atoms with E-state index in [2.05, 4.69) is 53.3 Å². The number of rotatable bonds is 4. The average Bonchev–Trinajstić information content (AvgIpc) is 3.46. The summed E-state index contributed by atoms with van der Waals surface area (Å²) in [5.41, 5.74) is 10.8. The van der Waals surface area contributed by atoms with Gasteiger partial charge in [0.05, 0.1) is 22.5 Å². The molecule has 0 unspecified atom stereocenters. The zero-order valence-electron chi connectivity index (χ0n) is 20.3. The smallest absolute Gasteiger partial charge is 0.252 e. The molecule has 2 aliphatic rings. The lowest BCUT2D eigenvalue weighted by atomic mass is 9.82. The summed E-state index contributed by atoms with van der Waals surface area (Å²) in [7, 11) is 3.53. The van der Waals surface area contributed by atoms with Crippen molar-refractivity contribution < 1.29 is 9.63 Å². The number of fused-ring (bicyclic) bond motifs is 10. The first-order valence-electron chi connectivity index (χ1n) is 11.9. The quantitative estimate of drug-likeness (QED) is 0.362. The molecule has 7 nitrogen and oxygen atoms in total. The molecule has 0 radical (unpaired) electrons. The van der Waals surface area contributed by atoms with Crippen molar-refractivity contribution >= 4 is 33.4 Å². The zero-order valence-corrected chi connectivity index (χ0v) is 20.3. The van der Waals surface area contributed by atoms with Gasteiger partial charge in [0, 0.05) is 53.8 Å². The molecule has 2 aromatic heterocycles. The predicted molar refractivity (Wildman–Crippen MR) is 134 cm³/mol. The number of hydrogen-bond donors (Lipinski definition) is 1. The molecule has 34 heavy (non-hydrogen) atoms. The van der Waals surface area contributed by atoms with Crippen LogP contribution in [0.15, 0.2) is 29.6 Å². The maximum Gasteiger partial charge on any atom is 0.252 e. The van der Waals surface area contributed by atoms with Gasteiger partial charge in [0.15, 0.2) is 0 Å². The molecular formula is C27H29N5O2. The van der Waals surface area contributed by atoms with Crippen molar-refractivity contribution in [1.82, 2.24) is 19.7 Å². The zero-order chi connectivity index (χ0) is 23.7. The van der Waals surface area contributed by atoms with Crippen molar-refractivity contribution in [3.8, 4) is 11.1 Å². The van der Waals surface area contributed by atoms with Gasteiger partial charge in [-0.1, -0.05) is 25.1 Å². The lowest BCUT2D eigenvalue weighted by molar-refractivity contribution is 0.0966. The Balaban J connectivity index is 1.79. The van der Waals surface area contributed by atoms with Crippen molar-refractivity contribution in [2.24, 2.45) is 18.1 Å². The molecule has 1 aliphatic carbocycles. The molecule has 0 fully saturated rings. The van der Waals surface area contributed by atoms with Crippen LogP contribution in [0.2, 0.25) is 0 Å². The number of nitrogens with zero attached hydrogens (tertiary/aromatic N) is 4. The standard InChI is InChI=1S/C27H29N5O2/c1-14(2)12-32-22-9-6-16(15(3)30-34-5)10-18(22)24-19-11-28-27(33)25(19)23-17(26(24)32)7-8-21-20(23)13-31(4)29-21/h6,9-10,13-14H,7-8,11-12H2,1-5H3,(H,28,33)/b30-15-. The van der Waals surface area contributed by atoms with Crippen molar-refractivity contribution in [2.45, 2.75) is 46.7 Å². The largest absolute Gasteiger partial charge is 0.399 e. The van der Waals surface area contributed by atoms with E-state index in [1.54, 1.807) is 7.11 Å². The summed E-state index contributed by atoms with van der Waals surface area (Å²) in [6.07, 6.45) is 3.83. The third-order valence-electron chi connectivity index (χ3n) is 7.14. The minimum absolute atomic E-state index is 0.0166. The molecule has 0 saturated carbocycles. The van der Waals surface area contributed by atoms with E-state index in [1.807, 2.05) is 18.7 Å². The normalized spacial score (nSPS) is 15.1. The van der Waals surface area contributed by atoms with Gasteiger partial charge in [-0.15, -0.1) is 0 Å². The Morgan fingerprint density at radius 1 is 1.24 bits per heavy atom. The average molecular weight is 456 g/mol. The third kappa shape index (κ3) is 2.85. The van der Waals surface area contributed by atoms with Crippen LogP contribution in [0.5, 0.6) is 0 Å². The maximum atomic E-state index is 13.2. The van der Waals surface area contributed by atoms with Gasteiger partial charge in [0.2, 0.25) is 0 Å². The van der Waals surface area contributed by atoms with Gasteiger partial charge < -0.3 is 14.7 Å². The first-order valence-corrected chi connectivity index (χ1v) is 11.9. The van der Waals surface area contributed by atoms with Crippen molar-refractivity contribution in [2.75, 3.05) is 7.11 Å². The number of amides is 1. The number of nitrogens with one attached hydrogen (secondary N) is 1. The molecule has 0 saturated heterocycles. The Morgan fingerprint density at radius 2 is 2.06 bits per heavy atom. The van der Waals surface area contributed by atoms with E-state index in [1.165, 1.54) is 27.4 Å². The summed E-state index contributed by atoms with van der Waals surface area (Å²) >= 11 is 0. The molecule has 4 aromatic rings. The van der Waals surface area contributed by atoms with Crippen molar-refractivity contribution in [1.29, 1.82) is 0 Å². The van der Waals surface area contributed by atoms with Crippen LogP contribution in [0.25, 0.3) is 32.9 Å². The van der Waals surface area contributed by atoms with Gasteiger partial charge in [-0.05, 0) is 54.5 Å². The number of aryl methyl sites for hydroxylation is 3. The molecule has 1 amide bonds. The Kier molecular flexibility index (Phi) is 4.59. The third-order valence-corrected chi connectivity index (χ3v) is 7.14. The van der Waals surface area contributed by atoms with E-state index in [-0.39, 0.29) is 5.91 Å². The van der Waals surface area contributed by atoms with E-state index in [9.17, 15) is 4.79 Å². The number of benzene rings is 2. The molecular weight excluding hydrogens is 426 g/mol. The molecule has 1 aliphatic heterocycles. The number of carbonyl (C=O) groups excluding carboxylic acids is 1. The second-order valence-corrected chi connectivity index (χ2v) is 9.87. The lowest BCUT2D eigenvalue weighted by Crippen LogP contribution is -2.15. The highest BCUT2D eigenvalue weighted by molar-refractivity contribution is 6.20. The summed E-state index contributed by atoms with van der Waals surface area (Å²) in [6.45, 7) is 7.93. The molecule has 1 N–H and O–H groups in total. The fourth-order valence-corrected chi connectivity index (χ4v) is 5.88. The van der Waals surface area contributed by atoms with Crippen LogP contribution in [0, 0.1) is 5.92 Å². The molecule has 3 heterocycles. The molecule has 0 bridgehead atoms. The minimum Gasteiger partial charge on any atom is -0.399 e. The Bertz CT molecular complexity index is 1540. The first kappa shape index (κ1) is 21.0. The number of hydrogen-bond acceptors (Lipinski definition) is 4. The highest BCUT2D eigenvalue weighted by Crippen LogP contribution is 2.47. The monoisotopic (exact) mass is 455 g/mol. The second kappa shape index (κ2) is 7.45. The molecule has 174 valence electrons. The summed E-state index contributed by atoms with van der Waals surface area (Å²) < 4.78 is 4.35. The van der Waals surface area contributed by atoms with Gasteiger partial charge in [0.1, 0.15) is 7.11 Å². The fourth-order valence-electron chi connectivity index (χ4n) is 5.88. The minimum atomic E-state index is 0.0166. The fraction of sp³-hybridized carbons (Fsp3) is 0.370. The van der Waals surface area contributed by atoms with E-state index in [4.69, 9.17) is 9.94 Å². The number of oxime groups is 1. The Hall–Kier alpha value is -3.61. The highest BCUT2D eigenvalue weighted by Gasteiger charge is 2.35. The van der Waals surface area contributed by atoms with E-state index >= 15 is 0 Å². The Labute approximate surface area is 198 Å². The summed E-state index contributed by atoms with van der Waals surface area (Å²) in [5, 5.41) is 14.3. The number of carbonyl (C=O) groups is 1. The summed E-state index contributed by atoms with van der Waals surface area (Å²) in [6, 6.07) is 6.52. The molecule has 0 spiro atoms. The van der Waals surface area contributed by atoms with Crippen LogP contribution in [-0.2, 0) is 37.8 Å². The van der Waals surface area contributed by atoms with Gasteiger partial charge >= 0.3 is 0 Å². The predicted octanol–water partition coefficient (Wildman–Crippen LogP) is 4.56. The van der Waals surface area contributed by atoms with E-state index < -0.39 is 0 Å². The SMILES string of the molecule is CO/N=C(/C)c1ccc2c(c1)c1c3c(c4c(c1n2CC(C)C)CCc1nn(C)cc1-4)C(=O)NC3. The molecule has 6 rings (SSSR count). The molecule has 0 atom stereocenters. The van der Waals surface area contributed by atoms with Gasteiger partial charge in [-0.2, -0.15) is 5.10 Å². The van der Waals surface area contributed by atoms with Crippen LogP contribution in [0.3, 0.4) is 0 Å². The van der Waals surface area contributed by atoms with E-state index in [0.717, 1.165) is 58.6 Å². The van der Waals surface area contributed by atoms with Gasteiger partial charge in [0.25, 0.3) is 5.91 Å². The topological polar surface area (TPSA) is 73.4 Å². The highest BCUT2D eigenvalue weighted by atomic mass is 16.6. The molecule has 7 heteroatoms. The van der Waals surface area contributed by atoms with Crippen LogP contribution >= 0.6 is 0 Å². The van der Waals surface area contributed by atoms with Crippen molar-refractivity contribution in [3.05, 3.63) is 52.3 Å². The van der Waals surface area contributed by atoms with Gasteiger partial charge in [-0.25, -0.2) is 0 Å². The first-order chi connectivity index (χ1) is 16.4. The molecule has 2 aromatic carbocycles. The van der Waals surface area contributed by atoms with Crippen LogP contribution in [0.4, 0.5) is 0 Å². The Morgan fingerprint density at radius 3 is 2.82 bits per heavy atom. The maximum absolute atomic E-state index is 13.2. The summed E-state index contributed by atoms with van der Waals surface area (Å²) in [4.78, 5) is 18.2. The number of aromatic nitrogens is 3. The van der Waals surface area contributed by atoms with E-state index in [0.29, 0.717) is 12.5 Å². The van der Waals surface area contributed by atoms with Crippen LogP contribution in [-0.4, -0.2) is 33.1 Å². The summed E-state index contributed by atoms with van der Waals surface area (Å²) in [5.74, 6) is 0.499.